The molecule has 0 aliphatic heterocycles. The standard InChI is InChI=1S/C10H16FN3/c1-4-9(7-12)5-6-14(13)10(2,3)8-11/h4-6H,8,13H2,1-3H3/b6-5-,9-4+. The van der Waals surface area contributed by atoms with Crippen molar-refractivity contribution >= 4 is 0 Å². The van der Waals surface area contributed by atoms with Crippen molar-refractivity contribution in [2.24, 2.45) is 5.84 Å². The molecule has 0 spiro atoms. The van der Waals surface area contributed by atoms with Crippen molar-refractivity contribution in [3.05, 3.63) is 23.9 Å². The zero-order valence-corrected chi connectivity index (χ0v) is 8.79. The van der Waals surface area contributed by atoms with Gasteiger partial charge in [-0.3, -0.25) is 0 Å². The molecule has 0 amide bonds. The van der Waals surface area contributed by atoms with E-state index in [0.717, 1.165) is 0 Å². The van der Waals surface area contributed by atoms with Gasteiger partial charge in [-0.15, -0.1) is 0 Å². The van der Waals surface area contributed by atoms with Gasteiger partial charge in [0.05, 0.1) is 11.6 Å². The number of hydrogen-bond donors (Lipinski definition) is 1. The minimum atomic E-state index is -0.745. The van der Waals surface area contributed by atoms with E-state index in [4.69, 9.17) is 11.1 Å². The summed E-state index contributed by atoms with van der Waals surface area (Å²) in [5.41, 5.74) is -0.250. The fourth-order valence-corrected chi connectivity index (χ4v) is 0.629. The van der Waals surface area contributed by atoms with Gasteiger partial charge in [0.15, 0.2) is 0 Å². The Kier molecular flexibility index (Phi) is 4.89. The smallest absolute Gasteiger partial charge is 0.114 e. The van der Waals surface area contributed by atoms with Crippen LogP contribution in [0, 0.1) is 11.3 Å². The minimum absolute atomic E-state index is 0.495. The molecule has 0 aromatic heterocycles. The number of halogens is 1. The summed E-state index contributed by atoms with van der Waals surface area (Å²) in [6.07, 6.45) is 4.71. The third-order valence-corrected chi connectivity index (χ3v) is 1.88. The molecular weight excluding hydrogens is 181 g/mol. The predicted molar refractivity (Wildman–Crippen MR) is 54.6 cm³/mol. The van der Waals surface area contributed by atoms with Crippen LogP contribution in [0.25, 0.3) is 0 Å². The molecule has 0 saturated heterocycles. The van der Waals surface area contributed by atoms with Gasteiger partial charge in [-0.25, -0.2) is 10.2 Å². The number of nitriles is 1. The van der Waals surface area contributed by atoms with Crippen LogP contribution in [-0.2, 0) is 0 Å². The number of nitrogens with two attached hydrogens (primary N) is 1. The van der Waals surface area contributed by atoms with E-state index in [2.05, 4.69) is 0 Å². The lowest BCUT2D eigenvalue weighted by Gasteiger charge is -2.30. The Labute approximate surface area is 84.3 Å². The lowest BCUT2D eigenvalue weighted by molar-refractivity contribution is 0.146. The number of nitrogens with zero attached hydrogens (tertiary/aromatic N) is 2. The van der Waals surface area contributed by atoms with Crippen LogP contribution in [0.2, 0.25) is 0 Å². The van der Waals surface area contributed by atoms with Crippen molar-refractivity contribution in [3.8, 4) is 6.07 Å². The van der Waals surface area contributed by atoms with Crippen LogP contribution in [0.1, 0.15) is 20.8 Å². The topological polar surface area (TPSA) is 53.0 Å². The maximum Gasteiger partial charge on any atom is 0.114 e. The first-order chi connectivity index (χ1) is 6.47. The average Bonchev–Trinajstić information content (AvgIpc) is 2.19. The molecule has 0 aliphatic carbocycles. The normalized spacial score (nSPS) is 13.0. The molecule has 0 unspecified atom stereocenters. The van der Waals surface area contributed by atoms with Gasteiger partial charge in [-0.05, 0) is 26.8 Å². The van der Waals surface area contributed by atoms with Gasteiger partial charge in [0.1, 0.15) is 6.67 Å². The van der Waals surface area contributed by atoms with Gasteiger partial charge in [0.2, 0.25) is 0 Å². The monoisotopic (exact) mass is 197 g/mol. The molecule has 0 saturated carbocycles. The van der Waals surface area contributed by atoms with Crippen molar-refractivity contribution in [2.75, 3.05) is 6.67 Å². The SMILES string of the molecule is C/C=C(C#N)\C=C/N(N)C(C)(C)CF. The quantitative estimate of drug-likeness (QED) is 0.324. The van der Waals surface area contributed by atoms with E-state index >= 15 is 0 Å². The number of alkyl halides is 1. The minimum Gasteiger partial charge on any atom is -0.310 e. The van der Waals surface area contributed by atoms with Crippen LogP contribution in [0.4, 0.5) is 4.39 Å². The molecule has 14 heavy (non-hydrogen) atoms. The summed E-state index contributed by atoms with van der Waals surface area (Å²) in [5.74, 6) is 5.59. The maximum absolute atomic E-state index is 12.5. The summed E-state index contributed by atoms with van der Waals surface area (Å²) < 4.78 is 12.5. The first kappa shape index (κ1) is 12.7. The van der Waals surface area contributed by atoms with E-state index in [1.807, 2.05) is 6.07 Å². The first-order valence-electron chi connectivity index (χ1n) is 4.32. The summed E-state index contributed by atoms with van der Waals surface area (Å²) in [4.78, 5) is 0. The lowest BCUT2D eigenvalue weighted by atomic mass is 10.1. The Morgan fingerprint density at radius 3 is 2.57 bits per heavy atom. The van der Waals surface area contributed by atoms with Gasteiger partial charge < -0.3 is 5.01 Å². The highest BCUT2D eigenvalue weighted by molar-refractivity contribution is 5.31. The molecule has 3 nitrogen and oxygen atoms in total. The van der Waals surface area contributed by atoms with Crippen LogP contribution in [0.3, 0.4) is 0 Å². The average molecular weight is 197 g/mol. The second-order valence-corrected chi connectivity index (χ2v) is 3.52. The number of allylic oxidation sites excluding steroid dienone is 3. The van der Waals surface area contributed by atoms with E-state index in [1.54, 1.807) is 32.9 Å². The van der Waals surface area contributed by atoms with E-state index in [1.165, 1.54) is 11.2 Å². The first-order valence-corrected chi connectivity index (χ1v) is 4.32. The zero-order valence-electron chi connectivity index (χ0n) is 8.79. The lowest BCUT2D eigenvalue weighted by Crippen LogP contribution is -2.46. The van der Waals surface area contributed by atoms with Gasteiger partial charge in [0, 0.05) is 11.8 Å². The molecule has 0 aromatic carbocycles. The Morgan fingerprint density at radius 2 is 2.21 bits per heavy atom. The van der Waals surface area contributed by atoms with E-state index in [-0.39, 0.29) is 0 Å². The van der Waals surface area contributed by atoms with Crippen LogP contribution in [0.5, 0.6) is 0 Å². The van der Waals surface area contributed by atoms with Crippen molar-refractivity contribution in [2.45, 2.75) is 26.3 Å². The van der Waals surface area contributed by atoms with Crippen LogP contribution >= 0.6 is 0 Å². The number of rotatable bonds is 4. The Balaban J connectivity index is 4.48. The van der Waals surface area contributed by atoms with E-state index in [9.17, 15) is 4.39 Å². The Bertz CT molecular complexity index is 274. The summed E-state index contributed by atoms with van der Waals surface area (Å²) in [5, 5.41) is 9.85. The van der Waals surface area contributed by atoms with Crippen LogP contribution in [-0.4, -0.2) is 17.2 Å². The van der Waals surface area contributed by atoms with E-state index < -0.39 is 12.2 Å². The van der Waals surface area contributed by atoms with Crippen molar-refractivity contribution in [1.29, 1.82) is 5.26 Å². The Morgan fingerprint density at radius 1 is 1.64 bits per heavy atom. The van der Waals surface area contributed by atoms with Crippen molar-refractivity contribution in [1.82, 2.24) is 5.01 Å². The molecule has 78 valence electrons. The molecule has 0 fully saturated rings. The molecule has 0 bridgehead atoms. The molecule has 0 radical (unpaired) electrons. The summed E-state index contributed by atoms with van der Waals surface area (Å²) in [6.45, 7) is 4.56. The fraction of sp³-hybridized carbons (Fsp3) is 0.500. The highest BCUT2D eigenvalue weighted by Crippen LogP contribution is 2.11. The molecular formula is C10H16FN3. The summed E-state index contributed by atoms with van der Waals surface area (Å²) in [7, 11) is 0. The summed E-state index contributed by atoms with van der Waals surface area (Å²) in [6, 6.07) is 1.97. The number of hydrogen-bond acceptors (Lipinski definition) is 3. The molecule has 4 heteroatoms. The predicted octanol–water partition coefficient (Wildman–Crippen LogP) is 1.89. The van der Waals surface area contributed by atoms with Gasteiger partial charge >= 0.3 is 0 Å². The molecule has 0 aliphatic rings. The van der Waals surface area contributed by atoms with Gasteiger partial charge in [0.25, 0.3) is 0 Å². The third-order valence-electron chi connectivity index (χ3n) is 1.88. The second-order valence-electron chi connectivity index (χ2n) is 3.52. The molecule has 0 heterocycles. The van der Waals surface area contributed by atoms with Crippen molar-refractivity contribution < 1.29 is 4.39 Å². The zero-order chi connectivity index (χ0) is 11.2. The van der Waals surface area contributed by atoms with E-state index in [0.29, 0.717) is 5.57 Å². The molecule has 0 aromatic rings. The van der Waals surface area contributed by atoms with Crippen LogP contribution < -0.4 is 5.84 Å². The highest BCUT2D eigenvalue weighted by atomic mass is 19.1. The molecule has 0 atom stereocenters. The number of hydrazine groups is 1. The highest BCUT2D eigenvalue weighted by Gasteiger charge is 2.21. The third kappa shape index (κ3) is 3.58. The van der Waals surface area contributed by atoms with Crippen LogP contribution in [0.15, 0.2) is 23.9 Å². The van der Waals surface area contributed by atoms with Gasteiger partial charge in [-0.2, -0.15) is 5.26 Å². The molecule has 0 rings (SSSR count). The fourth-order valence-electron chi connectivity index (χ4n) is 0.629. The largest absolute Gasteiger partial charge is 0.310 e. The van der Waals surface area contributed by atoms with Crippen molar-refractivity contribution in [3.63, 3.8) is 0 Å². The summed E-state index contributed by atoms with van der Waals surface area (Å²) >= 11 is 0. The maximum atomic E-state index is 12.5. The van der Waals surface area contributed by atoms with Gasteiger partial charge in [-0.1, -0.05) is 6.08 Å². The molecule has 2 N–H and O–H groups in total. The Hall–Kier alpha value is -1.34. The second kappa shape index (κ2) is 5.40.